The Morgan fingerprint density at radius 1 is 0.889 bits per heavy atom. The zero-order valence-electron chi connectivity index (χ0n) is 11.2. The topological polar surface area (TPSA) is 139 Å². The van der Waals surface area contributed by atoms with E-state index in [4.69, 9.17) is 30.0 Å². The van der Waals surface area contributed by atoms with Gasteiger partial charge in [0.05, 0.1) is 0 Å². The predicted octanol–water partition coefficient (Wildman–Crippen LogP) is -0.976. The number of aliphatic hydroxyl groups is 2. The van der Waals surface area contributed by atoms with Gasteiger partial charge in [-0.2, -0.15) is 0 Å². The Kier molecular flexibility index (Phi) is 19.3. The molecule has 6 N–H and O–H groups in total. The Labute approximate surface area is 107 Å². The zero-order chi connectivity index (χ0) is 15.1. The van der Waals surface area contributed by atoms with E-state index in [1.165, 1.54) is 0 Å². The number of carboxylic acid groups (broad SMARTS) is 2. The molecule has 18 heavy (non-hydrogen) atoms. The highest BCUT2D eigenvalue weighted by atomic mass is 16.4. The maximum Gasteiger partial charge on any atom is 0.300 e. The first kappa shape index (κ1) is 22.0. The maximum absolute atomic E-state index is 9.00. The molecule has 8 heteroatoms. The second kappa shape index (κ2) is 15.8. The fraction of sp³-hybridized carbons (Fsp3) is 0.800. The molecule has 0 rings (SSSR count). The van der Waals surface area contributed by atoms with Gasteiger partial charge in [-0.25, -0.2) is 0 Å². The zero-order valence-corrected chi connectivity index (χ0v) is 11.2. The van der Waals surface area contributed by atoms with Gasteiger partial charge in [-0.15, -0.1) is 0 Å². The van der Waals surface area contributed by atoms with Crippen LogP contribution in [0.3, 0.4) is 0 Å². The van der Waals surface area contributed by atoms with E-state index in [0.717, 1.165) is 13.8 Å². The summed E-state index contributed by atoms with van der Waals surface area (Å²) in [6.45, 7) is 6.79. The minimum absolute atomic E-state index is 0.476. The fourth-order valence-corrected chi connectivity index (χ4v) is 0.562. The molecule has 110 valence electrons. The molecule has 0 spiro atoms. The van der Waals surface area contributed by atoms with Gasteiger partial charge in [0.15, 0.2) is 0 Å². The molecule has 0 aromatic heterocycles. The molecule has 0 aliphatic carbocycles. The molecule has 0 aliphatic rings. The van der Waals surface area contributed by atoms with Gasteiger partial charge in [0, 0.05) is 26.9 Å². The molecule has 0 saturated carbocycles. The van der Waals surface area contributed by atoms with E-state index in [1.807, 2.05) is 0 Å². The van der Waals surface area contributed by atoms with Gasteiger partial charge in [0.25, 0.3) is 11.9 Å². The lowest BCUT2D eigenvalue weighted by molar-refractivity contribution is -0.135. The lowest BCUT2D eigenvalue weighted by Gasteiger charge is -2.09. The summed E-state index contributed by atoms with van der Waals surface area (Å²) in [5.41, 5.74) is 0. The summed E-state index contributed by atoms with van der Waals surface area (Å²) in [5, 5.41) is 37.8. The van der Waals surface area contributed by atoms with Crippen LogP contribution in [-0.4, -0.2) is 57.9 Å². The van der Waals surface area contributed by atoms with E-state index in [-0.39, 0.29) is 0 Å². The minimum atomic E-state index is -0.833. The average molecular weight is 268 g/mol. The third kappa shape index (κ3) is 84.0. The van der Waals surface area contributed by atoms with E-state index in [0.29, 0.717) is 13.1 Å². The van der Waals surface area contributed by atoms with Crippen LogP contribution in [-0.2, 0) is 9.59 Å². The summed E-state index contributed by atoms with van der Waals surface area (Å²) < 4.78 is 0. The first-order valence-corrected chi connectivity index (χ1v) is 5.31. The van der Waals surface area contributed by atoms with Crippen LogP contribution in [0, 0.1) is 0 Å². The summed E-state index contributed by atoms with van der Waals surface area (Å²) >= 11 is 0. The molecule has 0 bridgehead atoms. The highest BCUT2D eigenvalue weighted by Gasteiger charge is 1.94. The smallest absolute Gasteiger partial charge is 0.300 e. The van der Waals surface area contributed by atoms with Gasteiger partial charge in [-0.3, -0.25) is 20.2 Å². The summed E-state index contributed by atoms with van der Waals surface area (Å²) in [7, 11) is 0. The van der Waals surface area contributed by atoms with Crippen LogP contribution in [0.25, 0.3) is 0 Å². The number of hydrogen-bond acceptors (Lipinski definition) is 6. The minimum Gasteiger partial charge on any atom is -0.481 e. The van der Waals surface area contributed by atoms with Crippen LogP contribution in [0.15, 0.2) is 0 Å². The van der Waals surface area contributed by atoms with E-state index in [1.54, 1.807) is 13.8 Å². The van der Waals surface area contributed by atoms with Gasteiger partial charge in [0.2, 0.25) is 0 Å². The first-order valence-electron chi connectivity index (χ1n) is 5.31. The highest BCUT2D eigenvalue weighted by molar-refractivity contribution is 5.63. The average Bonchev–Trinajstić information content (AvgIpc) is 2.09. The van der Waals surface area contributed by atoms with Crippen molar-refractivity contribution >= 4 is 11.9 Å². The lowest BCUT2D eigenvalue weighted by atomic mass is 10.5. The van der Waals surface area contributed by atoms with E-state index in [9.17, 15) is 0 Å². The SMILES string of the molecule is CC(=O)O.CC(=O)O.CC(O)NCCNC(C)O. The van der Waals surface area contributed by atoms with Crippen LogP contribution in [0.1, 0.15) is 27.7 Å². The Balaban J connectivity index is -0.000000233. The second-order valence-electron chi connectivity index (χ2n) is 3.30. The molecular weight excluding hydrogens is 244 g/mol. The van der Waals surface area contributed by atoms with E-state index >= 15 is 0 Å². The van der Waals surface area contributed by atoms with Crippen molar-refractivity contribution in [2.24, 2.45) is 0 Å². The van der Waals surface area contributed by atoms with Crippen molar-refractivity contribution in [2.75, 3.05) is 13.1 Å². The number of rotatable bonds is 5. The van der Waals surface area contributed by atoms with Crippen LogP contribution >= 0.6 is 0 Å². The van der Waals surface area contributed by atoms with Crippen LogP contribution in [0.4, 0.5) is 0 Å². The monoisotopic (exact) mass is 268 g/mol. The first-order chi connectivity index (χ1) is 8.09. The normalized spacial score (nSPS) is 12.1. The number of nitrogens with one attached hydrogen (secondary N) is 2. The molecule has 0 aromatic rings. The Morgan fingerprint density at radius 2 is 1.06 bits per heavy atom. The van der Waals surface area contributed by atoms with Gasteiger partial charge < -0.3 is 20.4 Å². The van der Waals surface area contributed by atoms with Gasteiger partial charge in [-0.05, 0) is 13.8 Å². The van der Waals surface area contributed by atoms with Crippen molar-refractivity contribution in [2.45, 2.75) is 40.2 Å². The largest absolute Gasteiger partial charge is 0.481 e. The Morgan fingerprint density at radius 3 is 1.17 bits per heavy atom. The van der Waals surface area contributed by atoms with Crippen LogP contribution in [0.5, 0.6) is 0 Å². The molecule has 0 amide bonds. The molecule has 2 atom stereocenters. The number of carbonyl (C=O) groups is 2. The van der Waals surface area contributed by atoms with Crippen molar-refractivity contribution in [3.05, 3.63) is 0 Å². The third-order valence-electron chi connectivity index (χ3n) is 1.00. The van der Waals surface area contributed by atoms with Crippen LogP contribution in [0.2, 0.25) is 0 Å². The summed E-state index contributed by atoms with van der Waals surface area (Å²) in [6, 6.07) is 0. The lowest BCUT2D eigenvalue weighted by Crippen LogP contribution is -2.36. The molecule has 2 unspecified atom stereocenters. The number of hydrogen-bond donors (Lipinski definition) is 6. The van der Waals surface area contributed by atoms with E-state index < -0.39 is 24.4 Å². The number of aliphatic carboxylic acids is 2. The van der Waals surface area contributed by atoms with Crippen LogP contribution < -0.4 is 10.6 Å². The van der Waals surface area contributed by atoms with E-state index in [2.05, 4.69) is 10.6 Å². The molecule has 0 aromatic carbocycles. The maximum atomic E-state index is 9.00. The number of aliphatic hydroxyl groups excluding tert-OH is 2. The summed E-state index contributed by atoms with van der Waals surface area (Å²) in [6.07, 6.45) is -0.952. The fourth-order valence-electron chi connectivity index (χ4n) is 0.562. The van der Waals surface area contributed by atoms with Crippen molar-refractivity contribution in [1.82, 2.24) is 10.6 Å². The molecular formula is C10H24N2O6. The quantitative estimate of drug-likeness (QED) is 0.276. The van der Waals surface area contributed by atoms with Crippen molar-refractivity contribution in [1.29, 1.82) is 0 Å². The standard InChI is InChI=1S/C6H16N2O2.2C2H4O2/c1-5(9)7-3-4-8-6(2)10;2*1-2(3)4/h5-10H,3-4H2,1-2H3;2*1H3,(H,3,4). The molecule has 0 radical (unpaired) electrons. The summed E-state index contributed by atoms with van der Waals surface area (Å²) in [4.78, 5) is 18.0. The predicted molar refractivity (Wildman–Crippen MR) is 66.0 cm³/mol. The van der Waals surface area contributed by atoms with Gasteiger partial charge >= 0.3 is 0 Å². The molecule has 8 nitrogen and oxygen atoms in total. The van der Waals surface area contributed by atoms with Crippen molar-refractivity contribution in [3.8, 4) is 0 Å². The molecule has 0 heterocycles. The van der Waals surface area contributed by atoms with Gasteiger partial charge in [0.1, 0.15) is 12.5 Å². The van der Waals surface area contributed by atoms with Crippen molar-refractivity contribution < 1.29 is 30.0 Å². The summed E-state index contributed by atoms with van der Waals surface area (Å²) in [5.74, 6) is -1.67. The van der Waals surface area contributed by atoms with Crippen molar-refractivity contribution in [3.63, 3.8) is 0 Å². The number of carboxylic acids is 2. The molecule has 0 aliphatic heterocycles. The highest BCUT2D eigenvalue weighted by Crippen LogP contribution is 1.71. The molecule has 0 fully saturated rings. The Hall–Kier alpha value is -1.22. The second-order valence-corrected chi connectivity index (χ2v) is 3.30. The Bertz CT molecular complexity index is 179. The molecule has 0 saturated heterocycles. The third-order valence-corrected chi connectivity index (χ3v) is 1.00. The van der Waals surface area contributed by atoms with Gasteiger partial charge in [-0.1, -0.05) is 0 Å².